The summed E-state index contributed by atoms with van der Waals surface area (Å²) < 4.78 is 4.93. The van der Waals surface area contributed by atoms with Gasteiger partial charge < -0.3 is 10.5 Å². The van der Waals surface area contributed by atoms with E-state index in [2.05, 4.69) is 4.98 Å². The van der Waals surface area contributed by atoms with Gasteiger partial charge in [-0.15, -0.1) is 0 Å². The summed E-state index contributed by atoms with van der Waals surface area (Å²) in [6.45, 7) is 3.94. The van der Waals surface area contributed by atoms with Gasteiger partial charge in [0.15, 0.2) is 0 Å². The molecule has 0 saturated heterocycles. The van der Waals surface area contributed by atoms with Crippen LogP contribution in [0.3, 0.4) is 0 Å². The van der Waals surface area contributed by atoms with Gasteiger partial charge in [0.05, 0.1) is 22.8 Å². The van der Waals surface area contributed by atoms with Crippen LogP contribution in [0.4, 0.5) is 5.69 Å². The fraction of sp³-hybridized carbons (Fsp3) is 0.231. The molecule has 0 aliphatic heterocycles. The molecule has 1 heterocycles. The van der Waals surface area contributed by atoms with Crippen molar-refractivity contribution in [3.05, 3.63) is 34.5 Å². The number of halogens is 1. The third-order valence-corrected chi connectivity index (χ3v) is 3.02. The van der Waals surface area contributed by atoms with Crippen LogP contribution in [-0.2, 0) is 4.74 Å². The van der Waals surface area contributed by atoms with Crippen LogP contribution in [0, 0.1) is 6.92 Å². The largest absolute Gasteiger partial charge is 0.462 e. The van der Waals surface area contributed by atoms with E-state index < -0.39 is 5.97 Å². The first-order chi connectivity index (χ1) is 8.56. The Morgan fingerprint density at radius 3 is 2.89 bits per heavy atom. The second kappa shape index (κ2) is 4.82. The summed E-state index contributed by atoms with van der Waals surface area (Å²) in [5.41, 5.74) is 8.21. The third kappa shape index (κ3) is 1.99. The van der Waals surface area contributed by atoms with Crippen molar-refractivity contribution in [3.8, 4) is 0 Å². The number of ether oxygens (including phenoxy) is 1. The lowest BCUT2D eigenvalue weighted by atomic mass is 10.1. The molecule has 4 nitrogen and oxygen atoms in total. The lowest BCUT2D eigenvalue weighted by molar-refractivity contribution is 0.0527. The summed E-state index contributed by atoms with van der Waals surface area (Å²) >= 11 is 6.12. The Morgan fingerprint density at radius 1 is 1.50 bits per heavy atom. The van der Waals surface area contributed by atoms with Crippen LogP contribution in [-0.4, -0.2) is 17.6 Å². The number of rotatable bonds is 2. The van der Waals surface area contributed by atoms with Gasteiger partial charge in [-0.25, -0.2) is 4.79 Å². The van der Waals surface area contributed by atoms with E-state index in [1.165, 1.54) is 6.20 Å². The van der Waals surface area contributed by atoms with Crippen LogP contribution in [0.1, 0.15) is 22.8 Å². The zero-order valence-corrected chi connectivity index (χ0v) is 10.9. The highest BCUT2D eigenvalue weighted by molar-refractivity contribution is 6.36. The minimum Gasteiger partial charge on any atom is -0.462 e. The lowest BCUT2D eigenvalue weighted by Gasteiger charge is -2.10. The van der Waals surface area contributed by atoms with Crippen molar-refractivity contribution < 1.29 is 9.53 Å². The summed E-state index contributed by atoms with van der Waals surface area (Å²) in [5.74, 6) is -0.484. The molecule has 0 unspecified atom stereocenters. The Hall–Kier alpha value is -1.81. The van der Waals surface area contributed by atoms with Crippen molar-refractivity contribution >= 4 is 34.2 Å². The van der Waals surface area contributed by atoms with Crippen molar-refractivity contribution in [2.75, 3.05) is 12.3 Å². The maximum Gasteiger partial charge on any atom is 0.341 e. The quantitative estimate of drug-likeness (QED) is 0.847. The maximum atomic E-state index is 11.7. The molecular weight excluding hydrogens is 252 g/mol. The number of carbonyl (C=O) groups is 1. The first kappa shape index (κ1) is 12.6. The van der Waals surface area contributed by atoms with E-state index in [1.807, 2.05) is 13.0 Å². The van der Waals surface area contributed by atoms with E-state index in [0.29, 0.717) is 21.6 Å². The molecule has 0 spiro atoms. The molecule has 2 rings (SSSR count). The average molecular weight is 265 g/mol. The Kier molecular flexibility index (Phi) is 3.39. The van der Waals surface area contributed by atoms with Gasteiger partial charge in [0.25, 0.3) is 0 Å². The zero-order chi connectivity index (χ0) is 13.3. The molecule has 2 N–H and O–H groups in total. The van der Waals surface area contributed by atoms with Gasteiger partial charge in [0.2, 0.25) is 0 Å². The normalized spacial score (nSPS) is 10.6. The number of aromatic nitrogens is 1. The van der Waals surface area contributed by atoms with Crippen molar-refractivity contribution in [1.82, 2.24) is 4.98 Å². The van der Waals surface area contributed by atoms with E-state index in [4.69, 9.17) is 22.1 Å². The topological polar surface area (TPSA) is 65.2 Å². The molecule has 0 fully saturated rings. The van der Waals surface area contributed by atoms with E-state index in [0.717, 1.165) is 5.56 Å². The van der Waals surface area contributed by atoms with Crippen molar-refractivity contribution in [2.45, 2.75) is 13.8 Å². The van der Waals surface area contributed by atoms with E-state index >= 15 is 0 Å². The number of esters is 1. The average Bonchev–Trinajstić information content (AvgIpc) is 2.34. The molecule has 5 heteroatoms. The third-order valence-electron chi connectivity index (χ3n) is 2.71. The molecule has 0 atom stereocenters. The molecule has 1 aromatic carbocycles. The van der Waals surface area contributed by atoms with Crippen LogP contribution in [0.15, 0.2) is 18.3 Å². The fourth-order valence-electron chi connectivity index (χ4n) is 1.80. The number of nitrogens with zero attached hydrogens (tertiary/aromatic N) is 1. The molecule has 0 bridgehead atoms. The summed E-state index contributed by atoms with van der Waals surface area (Å²) in [6.07, 6.45) is 1.43. The summed E-state index contributed by atoms with van der Waals surface area (Å²) in [4.78, 5) is 16.0. The van der Waals surface area contributed by atoms with E-state index in [9.17, 15) is 4.79 Å². The van der Waals surface area contributed by atoms with Gasteiger partial charge in [-0.2, -0.15) is 0 Å². The predicted octanol–water partition coefficient (Wildman–Crippen LogP) is 2.96. The summed E-state index contributed by atoms with van der Waals surface area (Å²) in [5, 5.41) is 1.08. The minimum absolute atomic E-state index is 0.247. The molecule has 0 amide bonds. The molecule has 94 valence electrons. The van der Waals surface area contributed by atoms with Crippen molar-refractivity contribution in [1.29, 1.82) is 0 Å². The second-order valence-corrected chi connectivity index (χ2v) is 4.30. The first-order valence-corrected chi connectivity index (χ1v) is 5.94. The summed E-state index contributed by atoms with van der Waals surface area (Å²) in [6, 6.07) is 3.60. The SMILES string of the molecule is CCOC(=O)c1cnc2c(C)ccc(Cl)c2c1N. The number of anilines is 1. The molecule has 0 aliphatic rings. The highest BCUT2D eigenvalue weighted by Crippen LogP contribution is 2.31. The molecule has 0 aliphatic carbocycles. The van der Waals surface area contributed by atoms with Crippen LogP contribution >= 0.6 is 11.6 Å². The van der Waals surface area contributed by atoms with Crippen LogP contribution < -0.4 is 5.73 Å². The zero-order valence-electron chi connectivity index (χ0n) is 10.2. The van der Waals surface area contributed by atoms with Gasteiger partial charge in [0, 0.05) is 11.6 Å². The molecule has 2 aromatic rings. The van der Waals surface area contributed by atoms with E-state index in [1.54, 1.807) is 13.0 Å². The van der Waals surface area contributed by atoms with Gasteiger partial charge in [0.1, 0.15) is 5.56 Å². The fourth-order valence-corrected chi connectivity index (χ4v) is 2.05. The Balaban J connectivity index is 2.71. The van der Waals surface area contributed by atoms with Crippen molar-refractivity contribution in [3.63, 3.8) is 0 Å². The standard InChI is InChI=1S/C13H13ClN2O2/c1-3-18-13(17)8-6-16-12-7(2)4-5-9(14)10(12)11(8)15/h4-6H,3H2,1-2H3,(H2,15,16). The smallest absolute Gasteiger partial charge is 0.341 e. The van der Waals surface area contributed by atoms with Crippen molar-refractivity contribution in [2.24, 2.45) is 0 Å². The molecule has 0 saturated carbocycles. The van der Waals surface area contributed by atoms with Crippen LogP contribution in [0.25, 0.3) is 10.9 Å². The Bertz CT molecular complexity index is 626. The maximum absolute atomic E-state index is 11.7. The predicted molar refractivity (Wildman–Crippen MR) is 71.9 cm³/mol. The number of aryl methyl sites for hydroxylation is 1. The van der Waals surface area contributed by atoms with Gasteiger partial charge in [-0.3, -0.25) is 4.98 Å². The van der Waals surface area contributed by atoms with Gasteiger partial charge in [-0.1, -0.05) is 17.7 Å². The van der Waals surface area contributed by atoms with Gasteiger partial charge >= 0.3 is 5.97 Å². The molecular formula is C13H13ClN2O2. The number of pyridine rings is 1. The molecule has 18 heavy (non-hydrogen) atoms. The first-order valence-electron chi connectivity index (χ1n) is 5.56. The van der Waals surface area contributed by atoms with Crippen LogP contribution in [0.2, 0.25) is 5.02 Å². The second-order valence-electron chi connectivity index (χ2n) is 3.89. The highest BCUT2D eigenvalue weighted by atomic mass is 35.5. The molecule has 1 aromatic heterocycles. The number of benzene rings is 1. The molecule has 0 radical (unpaired) electrons. The highest BCUT2D eigenvalue weighted by Gasteiger charge is 2.16. The summed E-state index contributed by atoms with van der Waals surface area (Å²) in [7, 11) is 0. The number of carbonyl (C=O) groups excluding carboxylic acids is 1. The van der Waals surface area contributed by atoms with E-state index in [-0.39, 0.29) is 12.2 Å². The number of fused-ring (bicyclic) bond motifs is 1. The van der Waals surface area contributed by atoms with Crippen LogP contribution in [0.5, 0.6) is 0 Å². The number of hydrogen-bond acceptors (Lipinski definition) is 4. The number of nitrogen functional groups attached to an aromatic ring is 1. The lowest BCUT2D eigenvalue weighted by Crippen LogP contribution is -2.09. The van der Waals surface area contributed by atoms with Gasteiger partial charge in [-0.05, 0) is 25.5 Å². The Morgan fingerprint density at radius 2 is 2.22 bits per heavy atom. The number of hydrogen-bond donors (Lipinski definition) is 1. The monoisotopic (exact) mass is 264 g/mol. The Labute approximate surface area is 110 Å². The number of nitrogens with two attached hydrogens (primary N) is 1. The minimum atomic E-state index is -0.484.